The maximum Gasteiger partial charge on any atom is 0.299 e. The molecule has 0 atom stereocenters. The maximum atomic E-state index is 13.8. The van der Waals surface area contributed by atoms with Gasteiger partial charge < -0.3 is 10.2 Å². The molecule has 1 rings (SSSR count). The van der Waals surface area contributed by atoms with Crippen LogP contribution in [-0.2, 0) is 0 Å². The van der Waals surface area contributed by atoms with Crippen LogP contribution in [0.2, 0.25) is 0 Å². The second-order valence-corrected chi connectivity index (χ2v) is 4.69. The molecule has 1 aromatic carbocycles. The molecule has 96 valence electrons. The van der Waals surface area contributed by atoms with Gasteiger partial charge in [0.15, 0.2) is 0 Å². The third-order valence-corrected chi connectivity index (χ3v) is 2.34. The number of anilines is 1. The average molecular weight is 249 g/mol. The summed E-state index contributed by atoms with van der Waals surface area (Å²) in [5.74, 6) is -0.983. The first-order chi connectivity index (χ1) is 8.26. The van der Waals surface area contributed by atoms with E-state index in [0.29, 0.717) is 5.69 Å². The second kappa shape index (κ2) is 5.05. The Morgan fingerprint density at radius 3 is 2.50 bits per heavy atom. The van der Waals surface area contributed by atoms with Crippen LogP contribution in [0.15, 0.2) is 18.2 Å². The van der Waals surface area contributed by atoms with E-state index in [0.717, 1.165) is 0 Å². The lowest BCUT2D eigenvalue weighted by molar-refractivity contribution is 0.0823. The van der Waals surface area contributed by atoms with Gasteiger partial charge in [0.1, 0.15) is 5.82 Å². The van der Waals surface area contributed by atoms with Gasteiger partial charge in [0, 0.05) is 33.6 Å². The molecule has 0 heterocycles. The van der Waals surface area contributed by atoms with Crippen molar-refractivity contribution in [3.63, 3.8) is 0 Å². The Kier molecular flexibility index (Phi) is 3.92. The predicted octanol–water partition coefficient (Wildman–Crippen LogP) is 2.59. The fourth-order valence-corrected chi connectivity index (χ4v) is 1.39. The van der Waals surface area contributed by atoms with Crippen LogP contribution in [-0.4, -0.2) is 30.6 Å². The number of halogens is 1. The summed E-state index contributed by atoms with van der Waals surface area (Å²) in [5, 5.41) is 2.89. The van der Waals surface area contributed by atoms with Gasteiger partial charge in [-0.2, -0.15) is 0 Å². The highest BCUT2D eigenvalue weighted by Crippen LogP contribution is 2.20. The summed E-state index contributed by atoms with van der Waals surface area (Å²) in [5.41, 5.74) is -0.311. The van der Waals surface area contributed by atoms with E-state index in [1.165, 1.54) is 17.0 Å². The standard InChI is InChI=1S/C13H16FN3O/c1-13(2,15-3)16-9-6-7-10(11(14)8-9)12(18)17(4)5/h6-8,16H,1-2,4-5H3. The molecule has 1 aromatic rings. The SMILES string of the molecule is [C-]#[N+]C(C)(C)Nc1ccc(C(=O)N(C)C)c(F)c1. The number of carbonyl (C=O) groups is 1. The molecule has 0 unspecified atom stereocenters. The van der Waals surface area contributed by atoms with Crippen LogP contribution in [0, 0.1) is 12.4 Å². The molecule has 0 aromatic heterocycles. The molecule has 1 amide bonds. The van der Waals surface area contributed by atoms with Crippen molar-refractivity contribution in [2.45, 2.75) is 19.5 Å². The van der Waals surface area contributed by atoms with E-state index >= 15 is 0 Å². The molecule has 18 heavy (non-hydrogen) atoms. The molecule has 0 aliphatic carbocycles. The molecule has 0 radical (unpaired) electrons. The summed E-state index contributed by atoms with van der Waals surface area (Å²) in [6.07, 6.45) is 0. The van der Waals surface area contributed by atoms with Gasteiger partial charge in [-0.05, 0) is 18.2 Å². The molecule has 0 aliphatic rings. The van der Waals surface area contributed by atoms with Gasteiger partial charge in [-0.1, -0.05) is 0 Å². The van der Waals surface area contributed by atoms with Crippen LogP contribution >= 0.6 is 0 Å². The van der Waals surface area contributed by atoms with Gasteiger partial charge in [0.2, 0.25) is 0 Å². The fraction of sp³-hybridized carbons (Fsp3) is 0.385. The van der Waals surface area contributed by atoms with Crippen molar-refractivity contribution in [1.29, 1.82) is 0 Å². The fourth-order valence-electron chi connectivity index (χ4n) is 1.39. The topological polar surface area (TPSA) is 36.7 Å². The molecule has 1 N–H and O–H groups in total. The molecule has 5 heteroatoms. The number of hydrogen-bond acceptors (Lipinski definition) is 2. The minimum atomic E-state index is -0.806. The predicted molar refractivity (Wildman–Crippen MR) is 68.7 cm³/mol. The lowest BCUT2D eigenvalue weighted by Gasteiger charge is -2.16. The molecule has 0 bridgehead atoms. The normalized spacial score (nSPS) is 10.7. The molecule has 4 nitrogen and oxygen atoms in total. The van der Waals surface area contributed by atoms with Crippen LogP contribution in [0.5, 0.6) is 0 Å². The highest BCUT2D eigenvalue weighted by Gasteiger charge is 2.22. The number of rotatable bonds is 3. The molecule has 0 aliphatic heterocycles. The van der Waals surface area contributed by atoms with Crippen LogP contribution in [0.1, 0.15) is 24.2 Å². The number of nitrogens with zero attached hydrogens (tertiary/aromatic N) is 2. The van der Waals surface area contributed by atoms with Crippen molar-refractivity contribution in [2.75, 3.05) is 19.4 Å². The van der Waals surface area contributed by atoms with Crippen molar-refractivity contribution in [3.05, 3.63) is 41.0 Å². The zero-order valence-corrected chi connectivity index (χ0v) is 10.9. The van der Waals surface area contributed by atoms with Crippen molar-refractivity contribution in [1.82, 2.24) is 4.90 Å². The number of carbonyl (C=O) groups excluding carboxylic acids is 1. The highest BCUT2D eigenvalue weighted by molar-refractivity contribution is 5.94. The van der Waals surface area contributed by atoms with E-state index in [4.69, 9.17) is 6.57 Å². The Balaban J connectivity index is 3.01. The largest absolute Gasteiger partial charge is 0.345 e. The first-order valence-electron chi connectivity index (χ1n) is 5.45. The van der Waals surface area contributed by atoms with E-state index in [-0.39, 0.29) is 11.5 Å². The Hall–Kier alpha value is -2.09. The van der Waals surface area contributed by atoms with Crippen LogP contribution < -0.4 is 5.32 Å². The van der Waals surface area contributed by atoms with Crippen molar-refractivity contribution in [3.8, 4) is 0 Å². The third kappa shape index (κ3) is 3.20. The van der Waals surface area contributed by atoms with E-state index in [9.17, 15) is 9.18 Å². The van der Waals surface area contributed by atoms with Gasteiger partial charge in [-0.3, -0.25) is 9.64 Å². The van der Waals surface area contributed by atoms with Crippen molar-refractivity contribution in [2.24, 2.45) is 0 Å². The van der Waals surface area contributed by atoms with Gasteiger partial charge in [0.05, 0.1) is 5.56 Å². The Bertz CT molecular complexity index is 503. The summed E-state index contributed by atoms with van der Waals surface area (Å²) in [7, 11) is 3.13. The number of amides is 1. The van der Waals surface area contributed by atoms with Crippen molar-refractivity contribution < 1.29 is 9.18 Å². The Morgan fingerprint density at radius 2 is 2.06 bits per heavy atom. The second-order valence-electron chi connectivity index (χ2n) is 4.69. The first-order valence-corrected chi connectivity index (χ1v) is 5.45. The number of nitrogens with one attached hydrogen (secondary N) is 1. The Labute approximate surface area is 106 Å². The van der Waals surface area contributed by atoms with Gasteiger partial charge in [-0.25, -0.2) is 11.0 Å². The molecule has 0 fully saturated rings. The number of hydrogen-bond donors (Lipinski definition) is 1. The van der Waals surface area contributed by atoms with E-state index in [1.807, 2.05) is 0 Å². The molecular weight excluding hydrogens is 233 g/mol. The minimum absolute atomic E-state index is 0.0196. The summed E-state index contributed by atoms with van der Waals surface area (Å²) < 4.78 is 13.8. The smallest absolute Gasteiger partial charge is 0.299 e. The Morgan fingerprint density at radius 1 is 1.44 bits per heavy atom. The van der Waals surface area contributed by atoms with Crippen molar-refractivity contribution >= 4 is 11.6 Å². The highest BCUT2D eigenvalue weighted by atomic mass is 19.1. The zero-order valence-electron chi connectivity index (χ0n) is 10.9. The van der Waals surface area contributed by atoms with Gasteiger partial charge in [0.25, 0.3) is 11.6 Å². The summed E-state index contributed by atoms with van der Waals surface area (Å²) in [6.45, 7) is 10.4. The van der Waals surface area contributed by atoms with Crippen LogP contribution in [0.3, 0.4) is 0 Å². The zero-order chi connectivity index (χ0) is 13.9. The van der Waals surface area contributed by atoms with Crippen LogP contribution in [0.4, 0.5) is 10.1 Å². The monoisotopic (exact) mass is 249 g/mol. The maximum absolute atomic E-state index is 13.8. The van der Waals surface area contributed by atoms with Crippen LogP contribution in [0.25, 0.3) is 4.85 Å². The quantitative estimate of drug-likeness (QED) is 0.836. The third-order valence-electron chi connectivity index (χ3n) is 2.34. The first kappa shape index (κ1) is 14.0. The van der Waals surface area contributed by atoms with E-state index in [1.54, 1.807) is 34.0 Å². The molecule has 0 spiro atoms. The number of benzene rings is 1. The lowest BCUT2D eigenvalue weighted by Crippen LogP contribution is -2.26. The summed E-state index contributed by atoms with van der Waals surface area (Å²) in [6, 6.07) is 4.23. The molecule has 0 saturated carbocycles. The lowest BCUT2D eigenvalue weighted by atomic mass is 10.1. The van der Waals surface area contributed by atoms with E-state index in [2.05, 4.69) is 10.2 Å². The average Bonchev–Trinajstić information content (AvgIpc) is 2.28. The summed E-state index contributed by atoms with van der Waals surface area (Å²) >= 11 is 0. The molecule has 0 saturated heterocycles. The minimum Gasteiger partial charge on any atom is -0.345 e. The summed E-state index contributed by atoms with van der Waals surface area (Å²) in [4.78, 5) is 16.3. The molecular formula is C13H16FN3O. The van der Waals surface area contributed by atoms with Gasteiger partial charge >= 0.3 is 0 Å². The van der Waals surface area contributed by atoms with Gasteiger partial charge in [-0.15, -0.1) is 0 Å². The van der Waals surface area contributed by atoms with E-state index < -0.39 is 11.5 Å².